The molecule has 4 atom stereocenters. The van der Waals surface area contributed by atoms with Crippen LogP contribution >= 0.6 is 0 Å². The van der Waals surface area contributed by atoms with Crippen molar-refractivity contribution in [1.29, 1.82) is 0 Å². The first-order valence-electron chi connectivity index (χ1n) is 11.3. The van der Waals surface area contributed by atoms with Gasteiger partial charge in [-0.15, -0.1) is 0 Å². The monoisotopic (exact) mass is 415 g/mol. The van der Waals surface area contributed by atoms with Crippen LogP contribution in [0.4, 0.5) is 0 Å². The summed E-state index contributed by atoms with van der Waals surface area (Å²) in [5, 5.41) is 4.32. The second-order valence-corrected chi connectivity index (χ2v) is 9.15. The zero-order chi connectivity index (χ0) is 21.5. The molecule has 2 N–H and O–H groups in total. The zero-order valence-electron chi connectivity index (χ0n) is 18.1. The number of carbonyl (C=O) groups is 2. The molecule has 1 aromatic heterocycles. The predicted octanol–water partition coefficient (Wildman–Crippen LogP) is 4.65. The van der Waals surface area contributed by atoms with E-state index >= 15 is 0 Å². The lowest BCUT2D eigenvalue weighted by atomic mass is 9.78. The molecule has 0 unspecified atom stereocenters. The van der Waals surface area contributed by atoms with E-state index in [1.54, 1.807) is 4.90 Å². The molecule has 5 nitrogen and oxygen atoms in total. The fraction of sp³-hybridized carbons (Fsp3) is 0.385. The average molecular weight is 416 g/mol. The molecule has 1 aliphatic carbocycles. The first-order chi connectivity index (χ1) is 15.0. The predicted molar refractivity (Wildman–Crippen MR) is 122 cm³/mol. The Kier molecular flexibility index (Phi) is 5.05. The number of benzene rings is 2. The number of H-pyrrole nitrogens is 1. The van der Waals surface area contributed by atoms with Gasteiger partial charge in [-0.2, -0.15) is 0 Å². The summed E-state index contributed by atoms with van der Waals surface area (Å²) in [6, 6.07) is 15.7. The molecule has 5 heteroatoms. The quantitative estimate of drug-likeness (QED) is 0.651. The topological polar surface area (TPSA) is 65.2 Å². The standard InChI is InChI=1S/C26H29N3O2/c1-16-8-7-13-22(17(16)2)28-24(30)15-29-25(19-10-3-4-11-20(19)26(29)31)21-14-27-23-12-6-5-9-18(21)23/h3-6,9-12,14,16-17,22,25,27H,7-8,13,15H2,1-2H3,(H,28,30)/t16-,17-,22-,25+/m1/s1. The van der Waals surface area contributed by atoms with Crippen molar-refractivity contribution in [2.75, 3.05) is 6.54 Å². The van der Waals surface area contributed by atoms with Crippen LogP contribution in [0.25, 0.3) is 10.9 Å². The number of para-hydroxylation sites is 1. The molecule has 1 aliphatic heterocycles. The van der Waals surface area contributed by atoms with Crippen molar-refractivity contribution in [3.05, 3.63) is 71.4 Å². The van der Waals surface area contributed by atoms with Crippen LogP contribution in [0.2, 0.25) is 0 Å². The Morgan fingerprint density at radius 2 is 1.84 bits per heavy atom. The van der Waals surface area contributed by atoms with Gasteiger partial charge in [-0.1, -0.05) is 63.1 Å². The summed E-state index contributed by atoms with van der Waals surface area (Å²) in [5.41, 5.74) is 3.71. The summed E-state index contributed by atoms with van der Waals surface area (Å²) in [7, 11) is 0. The number of fused-ring (bicyclic) bond motifs is 2. The SMILES string of the molecule is C[C@@H]1[C@H](C)CCC[C@H]1NC(=O)CN1C(=O)c2ccccc2[C@H]1c1c[nH]c2ccccc12. The molecule has 2 heterocycles. The van der Waals surface area contributed by atoms with Gasteiger partial charge < -0.3 is 15.2 Å². The third-order valence-corrected chi connectivity index (χ3v) is 7.34. The van der Waals surface area contributed by atoms with E-state index in [1.807, 2.05) is 48.7 Å². The maximum atomic E-state index is 13.3. The van der Waals surface area contributed by atoms with E-state index in [1.165, 1.54) is 6.42 Å². The van der Waals surface area contributed by atoms with Crippen molar-refractivity contribution in [2.45, 2.75) is 45.2 Å². The van der Waals surface area contributed by atoms with Crippen molar-refractivity contribution >= 4 is 22.7 Å². The number of hydrogen-bond acceptors (Lipinski definition) is 2. The largest absolute Gasteiger partial charge is 0.361 e. The van der Waals surface area contributed by atoms with E-state index in [-0.39, 0.29) is 30.4 Å². The molecule has 5 rings (SSSR count). The van der Waals surface area contributed by atoms with Crippen molar-refractivity contribution in [2.24, 2.45) is 11.8 Å². The number of nitrogens with one attached hydrogen (secondary N) is 2. The summed E-state index contributed by atoms with van der Waals surface area (Å²) in [4.78, 5) is 31.5. The maximum absolute atomic E-state index is 13.3. The van der Waals surface area contributed by atoms with Crippen LogP contribution in [0.5, 0.6) is 0 Å². The summed E-state index contributed by atoms with van der Waals surface area (Å²) >= 11 is 0. The van der Waals surface area contributed by atoms with E-state index < -0.39 is 0 Å². The third kappa shape index (κ3) is 3.42. The average Bonchev–Trinajstić information content (AvgIpc) is 3.31. The van der Waals surface area contributed by atoms with Gasteiger partial charge in [0.25, 0.3) is 5.91 Å². The molecule has 31 heavy (non-hydrogen) atoms. The van der Waals surface area contributed by atoms with Gasteiger partial charge in [0, 0.05) is 34.3 Å². The molecule has 0 spiro atoms. The Hall–Kier alpha value is -3.08. The lowest BCUT2D eigenvalue weighted by Crippen LogP contribution is -2.48. The van der Waals surface area contributed by atoms with Crippen molar-refractivity contribution < 1.29 is 9.59 Å². The molecule has 2 aliphatic rings. The summed E-state index contributed by atoms with van der Waals surface area (Å²) in [6.07, 6.45) is 5.34. The van der Waals surface area contributed by atoms with Crippen LogP contribution in [0, 0.1) is 11.8 Å². The number of rotatable bonds is 4. The number of hydrogen-bond donors (Lipinski definition) is 2. The highest BCUT2D eigenvalue weighted by Crippen LogP contribution is 2.41. The molecule has 0 bridgehead atoms. The van der Waals surface area contributed by atoms with E-state index in [0.29, 0.717) is 17.4 Å². The first kappa shape index (κ1) is 19.9. The van der Waals surface area contributed by atoms with Crippen LogP contribution in [-0.2, 0) is 4.79 Å². The highest BCUT2D eigenvalue weighted by atomic mass is 16.2. The minimum Gasteiger partial charge on any atom is -0.361 e. The molecule has 2 amide bonds. The molecule has 3 aromatic rings. The second kappa shape index (κ2) is 7.88. The van der Waals surface area contributed by atoms with Crippen LogP contribution < -0.4 is 5.32 Å². The fourth-order valence-corrected chi connectivity index (χ4v) is 5.38. The second-order valence-electron chi connectivity index (χ2n) is 9.15. The van der Waals surface area contributed by atoms with Crippen molar-refractivity contribution in [3.8, 4) is 0 Å². The minimum absolute atomic E-state index is 0.0648. The maximum Gasteiger partial charge on any atom is 0.255 e. The number of carbonyl (C=O) groups excluding carboxylic acids is 2. The Balaban J connectivity index is 1.45. The zero-order valence-corrected chi connectivity index (χ0v) is 18.1. The Labute approximate surface area is 182 Å². The highest BCUT2D eigenvalue weighted by Gasteiger charge is 2.40. The van der Waals surface area contributed by atoms with Gasteiger partial charge in [-0.25, -0.2) is 0 Å². The van der Waals surface area contributed by atoms with Gasteiger partial charge >= 0.3 is 0 Å². The lowest BCUT2D eigenvalue weighted by Gasteiger charge is -2.35. The third-order valence-electron chi connectivity index (χ3n) is 7.34. The number of aromatic nitrogens is 1. The molecule has 160 valence electrons. The highest BCUT2D eigenvalue weighted by molar-refractivity contribution is 6.02. The van der Waals surface area contributed by atoms with Gasteiger partial charge in [-0.05, 0) is 36.0 Å². The molecule has 0 saturated heterocycles. The van der Waals surface area contributed by atoms with E-state index in [0.717, 1.165) is 34.9 Å². The normalized spacial score (nSPS) is 25.6. The minimum atomic E-state index is -0.270. The first-order valence-corrected chi connectivity index (χ1v) is 11.3. The van der Waals surface area contributed by atoms with E-state index in [4.69, 9.17) is 0 Å². The van der Waals surface area contributed by atoms with Gasteiger partial charge in [-0.3, -0.25) is 9.59 Å². The fourth-order valence-electron chi connectivity index (χ4n) is 5.38. The van der Waals surface area contributed by atoms with Gasteiger partial charge in [0.05, 0.1) is 6.04 Å². The van der Waals surface area contributed by atoms with Gasteiger partial charge in [0.15, 0.2) is 0 Å². The van der Waals surface area contributed by atoms with Crippen LogP contribution in [-0.4, -0.2) is 34.3 Å². The number of aromatic amines is 1. The number of amides is 2. The Morgan fingerprint density at radius 3 is 2.71 bits per heavy atom. The Morgan fingerprint density at radius 1 is 1.06 bits per heavy atom. The van der Waals surface area contributed by atoms with E-state index in [9.17, 15) is 9.59 Å². The summed E-state index contributed by atoms with van der Waals surface area (Å²) in [5.74, 6) is 0.910. The number of nitrogens with zero attached hydrogens (tertiary/aromatic N) is 1. The lowest BCUT2D eigenvalue weighted by molar-refractivity contribution is -0.123. The smallest absolute Gasteiger partial charge is 0.255 e. The summed E-state index contributed by atoms with van der Waals surface area (Å²) in [6.45, 7) is 4.55. The molecular formula is C26H29N3O2. The molecule has 2 aromatic carbocycles. The van der Waals surface area contributed by atoms with Crippen molar-refractivity contribution in [3.63, 3.8) is 0 Å². The van der Waals surface area contributed by atoms with E-state index in [2.05, 4.69) is 30.2 Å². The molecule has 1 fully saturated rings. The van der Waals surface area contributed by atoms with Gasteiger partial charge in [0.1, 0.15) is 6.54 Å². The molecule has 1 saturated carbocycles. The van der Waals surface area contributed by atoms with Gasteiger partial charge in [0.2, 0.25) is 5.91 Å². The molecular weight excluding hydrogens is 386 g/mol. The van der Waals surface area contributed by atoms with Crippen LogP contribution in [0.1, 0.15) is 60.6 Å². The van der Waals surface area contributed by atoms with Crippen LogP contribution in [0.15, 0.2) is 54.7 Å². The Bertz CT molecular complexity index is 1130. The van der Waals surface area contributed by atoms with Crippen LogP contribution in [0.3, 0.4) is 0 Å². The van der Waals surface area contributed by atoms with Crippen molar-refractivity contribution in [1.82, 2.24) is 15.2 Å². The summed E-state index contributed by atoms with van der Waals surface area (Å²) < 4.78 is 0. The molecule has 0 radical (unpaired) electrons.